The van der Waals surface area contributed by atoms with Gasteiger partial charge in [-0.25, -0.2) is 0 Å². The number of nitrogens with one attached hydrogen (secondary N) is 3. The van der Waals surface area contributed by atoms with Gasteiger partial charge in [0.2, 0.25) is 17.7 Å². The topological polar surface area (TPSA) is 160 Å². The minimum absolute atomic E-state index is 0.201. The molecule has 0 saturated carbocycles. The normalized spacial score (nSPS) is 12.2. The van der Waals surface area contributed by atoms with Crippen LogP contribution in [0.5, 0.6) is 5.75 Å². The molecule has 2 aromatic rings. The van der Waals surface area contributed by atoms with Crippen LogP contribution in [0.1, 0.15) is 36.5 Å². The van der Waals surface area contributed by atoms with Crippen LogP contribution < -0.4 is 26.4 Å². The largest absolute Gasteiger partial charge is 0.492 e. The quantitative estimate of drug-likeness (QED) is 0.260. The van der Waals surface area contributed by atoms with Crippen molar-refractivity contribution in [2.45, 2.75) is 51.7 Å². The summed E-state index contributed by atoms with van der Waals surface area (Å²) in [4.78, 5) is 48.6. The van der Waals surface area contributed by atoms with Crippen molar-refractivity contribution in [3.8, 4) is 5.75 Å². The van der Waals surface area contributed by atoms with Gasteiger partial charge in [0.15, 0.2) is 0 Å². The summed E-state index contributed by atoms with van der Waals surface area (Å²) in [6.07, 6.45) is 0.178. The first kappa shape index (κ1) is 28.3. The fourth-order valence-corrected chi connectivity index (χ4v) is 3.54. The monoisotopic (exact) mass is 498 g/mol. The number of rotatable bonds is 14. The lowest BCUT2D eigenvalue weighted by atomic mass is 10.0. The number of aliphatic carboxylic acids is 1. The Morgan fingerprint density at radius 3 is 2.36 bits per heavy atom. The van der Waals surface area contributed by atoms with Crippen molar-refractivity contribution in [2.24, 2.45) is 5.73 Å². The van der Waals surface area contributed by atoms with Gasteiger partial charge in [-0.2, -0.15) is 0 Å². The van der Waals surface area contributed by atoms with E-state index in [0.717, 1.165) is 16.7 Å². The Labute approximate surface area is 210 Å². The number of carbonyl (C=O) groups excluding carboxylic acids is 3. The van der Waals surface area contributed by atoms with E-state index in [1.165, 1.54) is 6.92 Å². The van der Waals surface area contributed by atoms with Gasteiger partial charge in [0.1, 0.15) is 24.4 Å². The van der Waals surface area contributed by atoms with Crippen LogP contribution in [0.2, 0.25) is 0 Å². The molecule has 0 radical (unpaired) electrons. The Hall–Kier alpha value is -3.92. The molecule has 2 aromatic carbocycles. The Balaban J connectivity index is 2.14. The molecule has 0 aliphatic rings. The van der Waals surface area contributed by atoms with Crippen LogP contribution in [0.15, 0.2) is 48.5 Å². The number of hydrogen-bond acceptors (Lipinski definition) is 6. The van der Waals surface area contributed by atoms with Crippen molar-refractivity contribution in [1.82, 2.24) is 16.0 Å². The lowest BCUT2D eigenvalue weighted by Gasteiger charge is -2.22. The summed E-state index contributed by atoms with van der Waals surface area (Å²) in [7, 11) is 0. The van der Waals surface area contributed by atoms with E-state index in [2.05, 4.69) is 16.0 Å². The molecule has 6 N–H and O–H groups in total. The molecule has 2 rings (SSSR count). The number of hydrogen-bond donors (Lipinski definition) is 5. The Kier molecular flexibility index (Phi) is 11.4. The van der Waals surface area contributed by atoms with Crippen molar-refractivity contribution in [1.29, 1.82) is 0 Å². The average Bonchev–Trinajstić information content (AvgIpc) is 2.84. The van der Waals surface area contributed by atoms with Crippen molar-refractivity contribution in [3.05, 3.63) is 65.2 Å². The molecule has 3 amide bonds. The molecule has 0 saturated heterocycles. The number of carbonyl (C=O) groups is 4. The Morgan fingerprint density at radius 1 is 1.00 bits per heavy atom. The maximum atomic E-state index is 13.1. The highest BCUT2D eigenvalue weighted by Gasteiger charge is 2.27. The van der Waals surface area contributed by atoms with E-state index in [1.54, 1.807) is 0 Å². The van der Waals surface area contributed by atoms with Crippen molar-refractivity contribution in [2.75, 3.05) is 13.2 Å². The van der Waals surface area contributed by atoms with Gasteiger partial charge >= 0.3 is 5.97 Å². The molecule has 0 aromatic heterocycles. The number of carboxylic acid groups (broad SMARTS) is 1. The predicted molar refractivity (Wildman–Crippen MR) is 134 cm³/mol. The zero-order chi connectivity index (χ0) is 26.5. The molecule has 0 aliphatic carbocycles. The van der Waals surface area contributed by atoms with Crippen molar-refractivity contribution < 1.29 is 29.0 Å². The first-order valence-corrected chi connectivity index (χ1v) is 11.7. The molecule has 36 heavy (non-hydrogen) atoms. The van der Waals surface area contributed by atoms with Gasteiger partial charge in [-0.1, -0.05) is 36.4 Å². The molecular formula is C26H34N4O6. The summed E-state index contributed by atoms with van der Waals surface area (Å²) in [6, 6.07) is 12.8. The van der Waals surface area contributed by atoms with Crippen molar-refractivity contribution in [3.63, 3.8) is 0 Å². The van der Waals surface area contributed by atoms with Crippen LogP contribution in [0.4, 0.5) is 0 Å². The third-order valence-corrected chi connectivity index (χ3v) is 5.43. The van der Waals surface area contributed by atoms with E-state index in [-0.39, 0.29) is 13.0 Å². The zero-order valence-corrected chi connectivity index (χ0v) is 20.6. The minimum Gasteiger partial charge on any atom is -0.492 e. The van der Waals surface area contributed by atoms with Crippen LogP contribution in [0.25, 0.3) is 0 Å². The highest BCUT2D eigenvalue weighted by Crippen LogP contribution is 2.17. The summed E-state index contributed by atoms with van der Waals surface area (Å²) < 4.78 is 5.56. The molecule has 0 unspecified atom stereocenters. The van der Waals surface area contributed by atoms with Crippen LogP contribution in [-0.4, -0.2) is 54.0 Å². The molecule has 0 fully saturated rings. The van der Waals surface area contributed by atoms with Gasteiger partial charge in [-0.3, -0.25) is 19.2 Å². The molecule has 0 aliphatic heterocycles. The highest BCUT2D eigenvalue weighted by molar-refractivity contribution is 5.93. The second-order valence-corrected chi connectivity index (χ2v) is 8.38. The lowest BCUT2D eigenvalue weighted by molar-refractivity contribution is -0.140. The second-order valence-electron chi connectivity index (χ2n) is 8.38. The number of benzene rings is 2. The lowest BCUT2D eigenvalue weighted by Crippen LogP contribution is -2.54. The maximum absolute atomic E-state index is 13.1. The number of amides is 3. The van der Waals surface area contributed by atoms with E-state index in [4.69, 9.17) is 15.6 Å². The van der Waals surface area contributed by atoms with Gasteiger partial charge in [0, 0.05) is 20.0 Å². The molecule has 10 nitrogen and oxygen atoms in total. The summed E-state index contributed by atoms with van der Waals surface area (Å²) in [5.41, 5.74) is 8.26. The molecule has 0 bridgehead atoms. The minimum atomic E-state index is -1.30. The zero-order valence-electron chi connectivity index (χ0n) is 20.6. The molecular weight excluding hydrogens is 464 g/mol. The number of nitrogens with two attached hydrogens (primary N) is 1. The highest BCUT2D eigenvalue weighted by atomic mass is 16.5. The Bertz CT molecular complexity index is 1030. The van der Waals surface area contributed by atoms with Gasteiger partial charge in [0.25, 0.3) is 0 Å². The van der Waals surface area contributed by atoms with Crippen LogP contribution in [0.3, 0.4) is 0 Å². The number of ether oxygens (including phenoxy) is 1. The third-order valence-electron chi connectivity index (χ3n) is 5.43. The van der Waals surface area contributed by atoms with Crippen LogP contribution >= 0.6 is 0 Å². The first-order chi connectivity index (χ1) is 17.2. The SMILES string of the molecule is CC(=O)N[C@@H](CC(=O)O)C(=O)N[C@@H](CCc1ccccc1)C(=O)NCc1cc(OCCN)ccc1C. The fourth-order valence-electron chi connectivity index (χ4n) is 3.54. The van der Waals surface area contributed by atoms with E-state index < -0.39 is 42.2 Å². The predicted octanol–water partition coefficient (Wildman–Crippen LogP) is 1.05. The Morgan fingerprint density at radius 2 is 1.72 bits per heavy atom. The van der Waals surface area contributed by atoms with Gasteiger partial charge in [-0.05, 0) is 48.6 Å². The van der Waals surface area contributed by atoms with Gasteiger partial charge in [-0.15, -0.1) is 0 Å². The summed E-state index contributed by atoms with van der Waals surface area (Å²) in [5.74, 6) is -2.33. The number of aryl methyl sites for hydroxylation is 2. The van der Waals surface area contributed by atoms with Crippen molar-refractivity contribution >= 4 is 23.7 Å². The van der Waals surface area contributed by atoms with E-state index in [9.17, 15) is 19.2 Å². The standard InChI is InChI=1S/C26H34N4O6/c1-17-8-10-21(36-13-12-27)14-20(17)16-28-25(34)22(11-9-19-6-4-3-5-7-19)30-26(35)23(15-24(32)33)29-18(2)31/h3-8,10,14,22-23H,9,11-13,15-16,27H2,1-2H3,(H,28,34)(H,29,31)(H,30,35)(H,32,33)/t22-,23-/m0/s1. The smallest absolute Gasteiger partial charge is 0.305 e. The van der Waals surface area contributed by atoms with E-state index in [0.29, 0.717) is 25.3 Å². The van der Waals surface area contributed by atoms with E-state index >= 15 is 0 Å². The second kappa shape index (κ2) is 14.5. The third kappa shape index (κ3) is 9.75. The van der Waals surface area contributed by atoms with Crippen LogP contribution in [0, 0.1) is 6.92 Å². The molecule has 0 spiro atoms. The molecule has 0 heterocycles. The first-order valence-electron chi connectivity index (χ1n) is 11.7. The number of carboxylic acids is 1. The fraction of sp³-hybridized carbons (Fsp3) is 0.385. The molecule has 194 valence electrons. The summed E-state index contributed by atoms with van der Waals surface area (Å²) >= 11 is 0. The van der Waals surface area contributed by atoms with E-state index in [1.807, 2.05) is 55.5 Å². The molecule has 10 heteroatoms. The van der Waals surface area contributed by atoms with Crippen LogP contribution in [-0.2, 0) is 32.1 Å². The maximum Gasteiger partial charge on any atom is 0.305 e. The van der Waals surface area contributed by atoms with Gasteiger partial charge < -0.3 is 31.5 Å². The average molecular weight is 499 g/mol. The summed E-state index contributed by atoms with van der Waals surface area (Å²) in [6.45, 7) is 4.05. The molecule has 2 atom stereocenters. The van der Waals surface area contributed by atoms with Gasteiger partial charge in [0.05, 0.1) is 6.42 Å². The summed E-state index contributed by atoms with van der Waals surface area (Å²) in [5, 5.41) is 16.9.